The van der Waals surface area contributed by atoms with Crippen molar-refractivity contribution in [3.05, 3.63) is 59.4 Å². The van der Waals surface area contributed by atoms with Crippen LogP contribution in [-0.4, -0.2) is 28.1 Å². The van der Waals surface area contributed by atoms with Crippen LogP contribution in [0.25, 0.3) is 0 Å². The van der Waals surface area contributed by atoms with Crippen LogP contribution in [0.2, 0.25) is 0 Å². The molecule has 22 heavy (non-hydrogen) atoms. The number of hydrogen-bond donors (Lipinski definition) is 2. The number of hydrogen-bond acceptors (Lipinski definition) is 2. The molecule has 0 saturated carbocycles. The Hall–Kier alpha value is -2.56. The number of carboxylic acid groups (broad SMARTS) is 1. The summed E-state index contributed by atoms with van der Waals surface area (Å²) >= 11 is 0. The van der Waals surface area contributed by atoms with E-state index in [4.69, 9.17) is 0 Å². The van der Waals surface area contributed by atoms with Gasteiger partial charge in [0.1, 0.15) is 11.1 Å². The lowest BCUT2D eigenvalue weighted by molar-refractivity contribution is -0.142. The van der Waals surface area contributed by atoms with Crippen LogP contribution >= 0.6 is 0 Å². The molecule has 5 nitrogen and oxygen atoms in total. The zero-order valence-corrected chi connectivity index (χ0v) is 13.0. The molecule has 0 aliphatic carbocycles. The lowest BCUT2D eigenvalue weighted by Crippen LogP contribution is -2.44. The maximum atomic E-state index is 12.3. The summed E-state index contributed by atoms with van der Waals surface area (Å²) in [5.41, 5.74) is 0.968. The Morgan fingerprint density at radius 1 is 1.18 bits per heavy atom. The van der Waals surface area contributed by atoms with Gasteiger partial charge in [0.05, 0.1) is 0 Å². The minimum atomic E-state index is -1.17. The van der Waals surface area contributed by atoms with Crippen molar-refractivity contribution in [3.63, 3.8) is 0 Å². The van der Waals surface area contributed by atoms with Crippen LogP contribution < -0.4 is 5.32 Å². The van der Waals surface area contributed by atoms with Crippen molar-refractivity contribution in [2.75, 3.05) is 6.54 Å². The van der Waals surface area contributed by atoms with Gasteiger partial charge in [0, 0.05) is 19.3 Å². The van der Waals surface area contributed by atoms with E-state index in [0.717, 1.165) is 5.69 Å². The Kier molecular flexibility index (Phi) is 4.35. The summed E-state index contributed by atoms with van der Waals surface area (Å²) in [5, 5.41) is 12.3. The number of aryl methyl sites for hydroxylation is 1. The van der Waals surface area contributed by atoms with Gasteiger partial charge in [0.15, 0.2) is 0 Å². The molecule has 1 unspecified atom stereocenters. The van der Waals surface area contributed by atoms with Gasteiger partial charge in [-0.15, -0.1) is 0 Å². The second kappa shape index (κ2) is 6.05. The number of aromatic nitrogens is 1. The maximum absolute atomic E-state index is 12.3. The molecular formula is C17H20N2O3. The van der Waals surface area contributed by atoms with E-state index in [0.29, 0.717) is 11.3 Å². The van der Waals surface area contributed by atoms with E-state index in [9.17, 15) is 14.7 Å². The Morgan fingerprint density at radius 2 is 1.82 bits per heavy atom. The van der Waals surface area contributed by atoms with Crippen molar-refractivity contribution in [1.82, 2.24) is 9.88 Å². The molecule has 1 amide bonds. The number of aliphatic carboxylic acids is 1. The largest absolute Gasteiger partial charge is 0.481 e. The smallest absolute Gasteiger partial charge is 0.315 e. The average Bonchev–Trinajstić information content (AvgIpc) is 2.85. The highest BCUT2D eigenvalue weighted by Gasteiger charge is 2.35. The van der Waals surface area contributed by atoms with Crippen LogP contribution in [-0.2, 0) is 17.3 Å². The molecule has 0 spiro atoms. The van der Waals surface area contributed by atoms with Crippen molar-refractivity contribution in [2.45, 2.75) is 19.3 Å². The maximum Gasteiger partial charge on any atom is 0.315 e. The topological polar surface area (TPSA) is 71.3 Å². The van der Waals surface area contributed by atoms with Gasteiger partial charge in [0.25, 0.3) is 5.91 Å². The summed E-state index contributed by atoms with van der Waals surface area (Å²) < 4.78 is 1.77. The Balaban J connectivity index is 2.18. The van der Waals surface area contributed by atoms with E-state index in [1.807, 2.05) is 19.1 Å². The van der Waals surface area contributed by atoms with Crippen LogP contribution in [0.15, 0.2) is 42.5 Å². The lowest BCUT2D eigenvalue weighted by atomic mass is 9.82. The number of benzene rings is 1. The van der Waals surface area contributed by atoms with Crippen molar-refractivity contribution in [1.29, 1.82) is 0 Å². The molecule has 0 bridgehead atoms. The SMILES string of the molecule is Cc1ccc(C(=O)NCC(C)(C(=O)O)c2ccccc2)n1C. The van der Waals surface area contributed by atoms with Gasteiger partial charge in [-0.05, 0) is 31.5 Å². The van der Waals surface area contributed by atoms with E-state index in [1.54, 1.807) is 48.9 Å². The fourth-order valence-corrected chi connectivity index (χ4v) is 2.30. The summed E-state index contributed by atoms with van der Waals surface area (Å²) in [5.74, 6) is -1.25. The normalized spacial score (nSPS) is 13.4. The monoisotopic (exact) mass is 300 g/mol. The lowest BCUT2D eigenvalue weighted by Gasteiger charge is -2.25. The molecule has 0 fully saturated rings. The first-order valence-corrected chi connectivity index (χ1v) is 7.05. The number of carbonyl (C=O) groups excluding carboxylic acids is 1. The summed E-state index contributed by atoms with van der Waals surface area (Å²) in [6.45, 7) is 3.54. The predicted octanol–water partition coefficient (Wildman–Crippen LogP) is 2.11. The third kappa shape index (κ3) is 2.88. The number of rotatable bonds is 5. The van der Waals surface area contributed by atoms with Crippen LogP contribution in [0.3, 0.4) is 0 Å². The number of carbonyl (C=O) groups is 2. The first-order valence-electron chi connectivity index (χ1n) is 7.05. The van der Waals surface area contributed by atoms with Crippen molar-refractivity contribution in [3.8, 4) is 0 Å². The van der Waals surface area contributed by atoms with Crippen LogP contribution in [0, 0.1) is 6.92 Å². The number of nitrogens with one attached hydrogen (secondary N) is 1. The van der Waals surface area contributed by atoms with E-state index in [1.165, 1.54) is 0 Å². The molecule has 1 aromatic heterocycles. The zero-order chi connectivity index (χ0) is 16.3. The fraction of sp³-hybridized carbons (Fsp3) is 0.294. The van der Waals surface area contributed by atoms with Crippen LogP contribution in [0.1, 0.15) is 28.7 Å². The third-order valence-electron chi connectivity index (χ3n) is 4.09. The van der Waals surface area contributed by atoms with Crippen molar-refractivity contribution < 1.29 is 14.7 Å². The minimum absolute atomic E-state index is 0.0232. The molecule has 1 heterocycles. The summed E-state index contributed by atoms with van der Waals surface area (Å²) in [6, 6.07) is 12.5. The first-order chi connectivity index (χ1) is 10.4. The predicted molar refractivity (Wildman–Crippen MR) is 83.9 cm³/mol. The van der Waals surface area contributed by atoms with Gasteiger partial charge >= 0.3 is 5.97 Å². The molecule has 2 aromatic rings. The highest BCUT2D eigenvalue weighted by atomic mass is 16.4. The van der Waals surface area contributed by atoms with Crippen molar-refractivity contribution in [2.24, 2.45) is 7.05 Å². The Labute approximate surface area is 129 Å². The second-order valence-electron chi connectivity index (χ2n) is 5.60. The summed E-state index contributed by atoms with van der Waals surface area (Å²) in [6.07, 6.45) is 0. The van der Waals surface area contributed by atoms with Crippen LogP contribution in [0.5, 0.6) is 0 Å². The molecule has 0 aliphatic rings. The van der Waals surface area contributed by atoms with Gasteiger partial charge in [-0.3, -0.25) is 9.59 Å². The van der Waals surface area contributed by atoms with E-state index >= 15 is 0 Å². The van der Waals surface area contributed by atoms with Gasteiger partial charge in [-0.25, -0.2) is 0 Å². The Morgan fingerprint density at radius 3 is 2.32 bits per heavy atom. The number of amides is 1. The standard InChI is InChI=1S/C17H20N2O3/c1-12-9-10-14(19(12)3)15(20)18-11-17(2,16(21)22)13-7-5-4-6-8-13/h4-10H,11H2,1-3H3,(H,18,20)(H,21,22). The van der Waals surface area contributed by atoms with Gasteiger partial charge in [0.2, 0.25) is 0 Å². The Bertz CT molecular complexity index is 691. The molecule has 1 aromatic carbocycles. The van der Waals surface area contributed by atoms with E-state index < -0.39 is 11.4 Å². The molecular weight excluding hydrogens is 280 g/mol. The van der Waals surface area contributed by atoms with Gasteiger partial charge < -0.3 is 15.0 Å². The minimum Gasteiger partial charge on any atom is -0.481 e. The molecule has 2 N–H and O–H groups in total. The highest BCUT2D eigenvalue weighted by Crippen LogP contribution is 2.23. The van der Waals surface area contributed by atoms with Crippen molar-refractivity contribution >= 4 is 11.9 Å². The molecule has 116 valence electrons. The second-order valence-corrected chi connectivity index (χ2v) is 5.60. The molecule has 0 aliphatic heterocycles. The van der Waals surface area contributed by atoms with E-state index in [2.05, 4.69) is 5.32 Å². The summed E-state index contributed by atoms with van der Waals surface area (Å²) in [4.78, 5) is 23.9. The number of nitrogens with zero attached hydrogens (tertiary/aromatic N) is 1. The zero-order valence-electron chi connectivity index (χ0n) is 13.0. The average molecular weight is 300 g/mol. The van der Waals surface area contributed by atoms with Crippen LogP contribution in [0.4, 0.5) is 0 Å². The molecule has 2 rings (SSSR count). The van der Waals surface area contributed by atoms with Gasteiger partial charge in [-0.1, -0.05) is 30.3 Å². The quantitative estimate of drug-likeness (QED) is 0.888. The van der Waals surface area contributed by atoms with Gasteiger partial charge in [-0.2, -0.15) is 0 Å². The molecule has 0 radical (unpaired) electrons. The number of carboxylic acids is 1. The molecule has 1 atom stereocenters. The van der Waals surface area contributed by atoms with E-state index in [-0.39, 0.29) is 12.5 Å². The fourth-order valence-electron chi connectivity index (χ4n) is 2.30. The molecule has 5 heteroatoms. The molecule has 0 saturated heterocycles. The summed E-state index contributed by atoms with van der Waals surface area (Å²) in [7, 11) is 1.80. The third-order valence-corrected chi connectivity index (χ3v) is 4.09. The highest BCUT2D eigenvalue weighted by molar-refractivity contribution is 5.93. The first kappa shape index (κ1) is 15.8.